The molecule has 1 aromatic rings. The first-order valence-corrected chi connectivity index (χ1v) is 6.59. The Hall–Kier alpha value is -1.17. The molecule has 0 aromatic carbocycles. The summed E-state index contributed by atoms with van der Waals surface area (Å²) in [5.41, 5.74) is 0.0984. The van der Waals surface area contributed by atoms with Crippen LogP contribution < -0.4 is 0 Å². The van der Waals surface area contributed by atoms with Crippen molar-refractivity contribution in [2.75, 3.05) is 13.2 Å². The fourth-order valence-corrected chi connectivity index (χ4v) is 1.78. The second kappa shape index (κ2) is 8.46. The van der Waals surface area contributed by atoms with E-state index in [-0.39, 0.29) is 11.3 Å². The van der Waals surface area contributed by atoms with Gasteiger partial charge in [-0.25, -0.2) is 0 Å². The minimum atomic E-state index is -1.64. The number of hydrogen-bond acceptors (Lipinski definition) is 9. The largest absolute Gasteiger partial charge is 0.394 e. The molecule has 9 nitrogen and oxygen atoms in total. The molecule has 0 spiro atoms. The molecule has 0 fully saturated rings. The normalized spacial score (nSPS) is 20.0. The van der Waals surface area contributed by atoms with Crippen molar-refractivity contribution in [3.05, 3.63) is 29.6 Å². The molecule has 126 valence electrons. The average molecular weight is 319 g/mol. The highest BCUT2D eigenvalue weighted by Crippen LogP contribution is 2.22. The monoisotopic (exact) mass is 319 g/mol. The number of nitrogens with zero attached hydrogens (tertiary/aromatic N) is 1. The summed E-state index contributed by atoms with van der Waals surface area (Å²) in [5, 5.41) is 74.7. The highest BCUT2D eigenvalue weighted by molar-refractivity contribution is 5.19. The van der Waals surface area contributed by atoms with Crippen molar-refractivity contribution >= 4 is 0 Å². The van der Waals surface area contributed by atoms with Gasteiger partial charge in [0, 0.05) is 11.8 Å². The predicted octanol–water partition coefficient (Wildman–Crippen LogP) is -3.42. The van der Waals surface area contributed by atoms with Gasteiger partial charge in [0.2, 0.25) is 0 Å². The second-order valence-corrected chi connectivity index (χ2v) is 4.89. The van der Waals surface area contributed by atoms with Crippen LogP contribution in [0.15, 0.2) is 18.3 Å². The Morgan fingerprint density at radius 2 is 1.27 bits per heavy atom. The maximum Gasteiger partial charge on any atom is 0.124 e. The van der Waals surface area contributed by atoms with E-state index in [1.807, 2.05) is 0 Å². The Bertz CT molecular complexity index is 401. The first kappa shape index (κ1) is 18.9. The Morgan fingerprint density at radius 1 is 0.773 bits per heavy atom. The molecule has 9 heteroatoms. The van der Waals surface area contributed by atoms with E-state index in [0.717, 1.165) is 6.20 Å². The number of hydrogen-bond donors (Lipinski definition) is 8. The molecular formula is C13H21NO8. The first-order valence-electron chi connectivity index (χ1n) is 6.59. The molecule has 0 bridgehead atoms. The topological polar surface area (TPSA) is 175 Å². The van der Waals surface area contributed by atoms with Crippen molar-refractivity contribution in [1.29, 1.82) is 0 Å². The molecule has 6 atom stereocenters. The van der Waals surface area contributed by atoms with Crippen molar-refractivity contribution in [2.24, 2.45) is 0 Å². The molecule has 0 saturated heterocycles. The first-order chi connectivity index (χ1) is 10.3. The molecule has 0 aliphatic heterocycles. The van der Waals surface area contributed by atoms with Gasteiger partial charge in [-0.05, 0) is 6.07 Å². The molecule has 0 radical (unpaired) electrons. The lowest BCUT2D eigenvalue weighted by Crippen LogP contribution is -2.35. The Morgan fingerprint density at radius 3 is 1.68 bits per heavy atom. The minimum absolute atomic E-state index is 0.0202. The van der Waals surface area contributed by atoms with E-state index in [2.05, 4.69) is 4.98 Å². The fraction of sp³-hybridized carbons (Fsp3) is 0.615. The van der Waals surface area contributed by atoms with E-state index < -0.39 is 49.8 Å². The molecule has 0 amide bonds. The summed E-state index contributed by atoms with van der Waals surface area (Å²) < 4.78 is 0. The van der Waals surface area contributed by atoms with E-state index in [9.17, 15) is 30.6 Å². The summed E-state index contributed by atoms with van der Waals surface area (Å²) in [6.07, 6.45) is -8.28. The lowest BCUT2D eigenvalue weighted by Gasteiger charge is -2.23. The molecule has 1 heterocycles. The third kappa shape index (κ3) is 4.41. The number of aliphatic hydroxyl groups is 8. The maximum atomic E-state index is 9.81. The van der Waals surface area contributed by atoms with Gasteiger partial charge < -0.3 is 40.9 Å². The van der Waals surface area contributed by atoms with Crippen LogP contribution in [0.4, 0.5) is 0 Å². The van der Waals surface area contributed by atoms with Crippen LogP contribution in [-0.2, 0) is 0 Å². The van der Waals surface area contributed by atoms with Crippen molar-refractivity contribution < 1.29 is 40.9 Å². The maximum absolute atomic E-state index is 9.81. The van der Waals surface area contributed by atoms with Crippen LogP contribution in [0.5, 0.6) is 0 Å². The lowest BCUT2D eigenvalue weighted by molar-refractivity contribution is -0.0798. The van der Waals surface area contributed by atoms with Gasteiger partial charge in [-0.2, -0.15) is 0 Å². The zero-order chi connectivity index (χ0) is 16.9. The van der Waals surface area contributed by atoms with Crippen molar-refractivity contribution in [3.8, 4) is 0 Å². The molecule has 1 aromatic heterocycles. The van der Waals surface area contributed by atoms with Gasteiger partial charge in [-0.15, -0.1) is 0 Å². The number of aromatic nitrogens is 1. The smallest absolute Gasteiger partial charge is 0.124 e. The summed E-state index contributed by atoms with van der Waals surface area (Å²) >= 11 is 0. The van der Waals surface area contributed by atoms with Gasteiger partial charge in [0.25, 0.3) is 0 Å². The SMILES string of the molecule is OCC(O)C(O)C(O)c1ccc(C(O)C(O)C(O)CO)nc1. The van der Waals surface area contributed by atoms with Crippen molar-refractivity contribution in [3.63, 3.8) is 0 Å². The lowest BCUT2D eigenvalue weighted by atomic mass is 10.0. The number of rotatable bonds is 8. The minimum Gasteiger partial charge on any atom is -0.394 e. The Kier molecular flexibility index (Phi) is 7.26. The van der Waals surface area contributed by atoms with E-state index in [1.165, 1.54) is 12.1 Å². The van der Waals surface area contributed by atoms with Gasteiger partial charge in [0.1, 0.15) is 36.6 Å². The summed E-state index contributed by atoms with van der Waals surface area (Å²) in [7, 11) is 0. The van der Waals surface area contributed by atoms with Crippen molar-refractivity contribution in [2.45, 2.75) is 36.6 Å². The summed E-state index contributed by atoms with van der Waals surface area (Å²) in [6, 6.07) is 2.54. The van der Waals surface area contributed by atoms with Gasteiger partial charge in [-0.1, -0.05) is 6.07 Å². The molecule has 0 aliphatic carbocycles. The standard InChI is InChI=1S/C13H21NO8/c15-4-8(17)12(21)10(19)6-1-2-7(14-3-6)11(20)13(22)9(18)5-16/h1-3,8-13,15-22H,4-5H2. The van der Waals surface area contributed by atoms with Gasteiger partial charge in [0.15, 0.2) is 0 Å². The van der Waals surface area contributed by atoms with Crippen LogP contribution in [-0.4, -0.2) is 83.5 Å². The molecule has 0 aliphatic rings. The number of pyridine rings is 1. The quantitative estimate of drug-likeness (QED) is 0.242. The van der Waals surface area contributed by atoms with Crippen LogP contribution >= 0.6 is 0 Å². The van der Waals surface area contributed by atoms with Gasteiger partial charge in [0.05, 0.1) is 18.9 Å². The van der Waals surface area contributed by atoms with Crippen LogP contribution in [0, 0.1) is 0 Å². The molecule has 1 rings (SSSR count). The second-order valence-electron chi connectivity index (χ2n) is 4.89. The van der Waals surface area contributed by atoms with E-state index >= 15 is 0 Å². The zero-order valence-electron chi connectivity index (χ0n) is 11.6. The van der Waals surface area contributed by atoms with E-state index in [0.29, 0.717) is 0 Å². The Balaban J connectivity index is 2.82. The molecular weight excluding hydrogens is 298 g/mol. The van der Waals surface area contributed by atoms with E-state index in [1.54, 1.807) is 0 Å². The average Bonchev–Trinajstić information content (AvgIpc) is 2.57. The molecule has 8 N–H and O–H groups in total. The summed E-state index contributed by atoms with van der Waals surface area (Å²) in [6.45, 7) is -1.46. The molecule has 0 saturated carbocycles. The fourth-order valence-electron chi connectivity index (χ4n) is 1.78. The predicted molar refractivity (Wildman–Crippen MR) is 72.4 cm³/mol. The third-order valence-electron chi connectivity index (χ3n) is 3.26. The van der Waals surface area contributed by atoms with Crippen LogP contribution in [0.1, 0.15) is 23.5 Å². The van der Waals surface area contributed by atoms with Gasteiger partial charge >= 0.3 is 0 Å². The van der Waals surface area contributed by atoms with Crippen LogP contribution in [0.25, 0.3) is 0 Å². The molecule has 6 unspecified atom stereocenters. The number of aliphatic hydroxyl groups excluding tert-OH is 8. The van der Waals surface area contributed by atoms with E-state index in [4.69, 9.17) is 10.2 Å². The van der Waals surface area contributed by atoms with Crippen molar-refractivity contribution in [1.82, 2.24) is 4.98 Å². The third-order valence-corrected chi connectivity index (χ3v) is 3.26. The zero-order valence-corrected chi connectivity index (χ0v) is 11.6. The molecule has 22 heavy (non-hydrogen) atoms. The highest BCUT2D eigenvalue weighted by atomic mass is 16.4. The summed E-state index contributed by atoms with van der Waals surface area (Å²) in [5.74, 6) is 0. The Labute approximate surface area is 126 Å². The summed E-state index contributed by atoms with van der Waals surface area (Å²) in [4.78, 5) is 3.79. The van der Waals surface area contributed by atoms with Gasteiger partial charge in [-0.3, -0.25) is 4.98 Å². The van der Waals surface area contributed by atoms with Crippen LogP contribution in [0.2, 0.25) is 0 Å². The van der Waals surface area contributed by atoms with Crippen LogP contribution in [0.3, 0.4) is 0 Å². The highest BCUT2D eigenvalue weighted by Gasteiger charge is 2.28.